The molecule has 0 unspecified atom stereocenters. The number of hydrogen-bond donors (Lipinski definition) is 3. The summed E-state index contributed by atoms with van der Waals surface area (Å²) in [6.45, 7) is 0.438. The van der Waals surface area contributed by atoms with Gasteiger partial charge in [-0.15, -0.1) is 0 Å². The molecule has 1 aliphatic rings. The second kappa shape index (κ2) is 8.47. The monoisotopic (exact) mass is 385 g/mol. The average molecular weight is 385 g/mol. The molecule has 0 saturated heterocycles. The van der Waals surface area contributed by atoms with E-state index in [-0.39, 0.29) is 30.8 Å². The number of H-pyrrole nitrogens is 1. The molecule has 3 rings (SSSR count). The number of hydrogen-bond acceptors (Lipinski definition) is 5. The fourth-order valence-electron chi connectivity index (χ4n) is 2.96. The van der Waals surface area contributed by atoms with Gasteiger partial charge in [0.2, 0.25) is 5.91 Å². The number of carbonyl (C=O) groups excluding carboxylic acids is 2. The molecular weight excluding hydrogens is 362 g/mol. The number of ether oxygens (including phenoxy) is 2. The molecule has 0 aliphatic carbocycles. The summed E-state index contributed by atoms with van der Waals surface area (Å²) in [6, 6.07) is 5.79. The number of rotatable bonds is 8. The summed E-state index contributed by atoms with van der Waals surface area (Å²) in [5.74, 6) is 0.190. The first kappa shape index (κ1) is 19.3. The van der Waals surface area contributed by atoms with Gasteiger partial charge in [0, 0.05) is 30.7 Å². The van der Waals surface area contributed by atoms with Crippen molar-refractivity contribution in [3.05, 3.63) is 41.9 Å². The predicted molar refractivity (Wildman–Crippen MR) is 104 cm³/mol. The summed E-state index contributed by atoms with van der Waals surface area (Å²) in [5.41, 5.74) is 2.23. The molecule has 3 N–H and O–H groups in total. The number of methoxy groups -OCH3 is 1. The van der Waals surface area contributed by atoms with Crippen LogP contribution in [0.1, 0.15) is 5.56 Å². The third-order valence-corrected chi connectivity index (χ3v) is 4.50. The summed E-state index contributed by atoms with van der Waals surface area (Å²) >= 11 is 0. The lowest BCUT2D eigenvalue weighted by molar-refractivity contribution is -0.133. The van der Waals surface area contributed by atoms with Gasteiger partial charge in [-0.3, -0.25) is 15.0 Å². The minimum Gasteiger partial charge on any atom is -0.497 e. The minimum atomic E-state index is -0.296. The second-order valence-corrected chi connectivity index (χ2v) is 6.38. The minimum absolute atomic E-state index is 0.139. The van der Waals surface area contributed by atoms with Crippen LogP contribution in [0.5, 0.6) is 5.75 Å². The van der Waals surface area contributed by atoms with Crippen LogP contribution in [-0.4, -0.2) is 66.9 Å². The van der Waals surface area contributed by atoms with Crippen molar-refractivity contribution in [2.45, 2.75) is 6.42 Å². The second-order valence-electron chi connectivity index (χ2n) is 6.38. The molecule has 9 heteroatoms. The molecule has 1 aromatic heterocycles. The van der Waals surface area contributed by atoms with Crippen molar-refractivity contribution in [2.24, 2.45) is 0 Å². The molecule has 28 heavy (non-hydrogen) atoms. The van der Waals surface area contributed by atoms with Gasteiger partial charge in [0.05, 0.1) is 13.4 Å². The summed E-state index contributed by atoms with van der Waals surface area (Å²) in [5, 5.41) is 11.4. The highest BCUT2D eigenvalue weighted by atomic mass is 16.5. The molecule has 2 amide bonds. The molecule has 148 valence electrons. The van der Waals surface area contributed by atoms with Gasteiger partial charge in [-0.1, -0.05) is 0 Å². The van der Waals surface area contributed by atoms with Crippen molar-refractivity contribution in [3.8, 4) is 5.75 Å². The SMILES string of the molecule is COc1ccc2[nH]cc(CCNC(=O)CN(C=N)C3=COCN(C)C3=O)c2c1. The van der Waals surface area contributed by atoms with Gasteiger partial charge < -0.3 is 29.6 Å². The highest BCUT2D eigenvalue weighted by Crippen LogP contribution is 2.23. The summed E-state index contributed by atoms with van der Waals surface area (Å²) < 4.78 is 10.4. The molecule has 0 bridgehead atoms. The number of fused-ring (bicyclic) bond motifs is 1. The van der Waals surface area contributed by atoms with E-state index in [1.807, 2.05) is 24.4 Å². The fourth-order valence-corrected chi connectivity index (χ4v) is 2.96. The van der Waals surface area contributed by atoms with Crippen molar-refractivity contribution >= 4 is 29.1 Å². The maximum absolute atomic E-state index is 12.3. The van der Waals surface area contributed by atoms with E-state index in [1.54, 1.807) is 14.2 Å². The zero-order chi connectivity index (χ0) is 20.1. The summed E-state index contributed by atoms with van der Waals surface area (Å²) in [6.07, 6.45) is 4.77. The maximum Gasteiger partial charge on any atom is 0.276 e. The van der Waals surface area contributed by atoms with Crippen molar-refractivity contribution in [2.75, 3.05) is 34.0 Å². The lowest BCUT2D eigenvalue weighted by atomic mass is 10.1. The maximum atomic E-state index is 12.3. The van der Waals surface area contributed by atoms with Crippen LogP contribution < -0.4 is 10.1 Å². The smallest absolute Gasteiger partial charge is 0.276 e. The van der Waals surface area contributed by atoms with Crippen molar-refractivity contribution in [1.82, 2.24) is 20.1 Å². The van der Waals surface area contributed by atoms with Crippen LogP contribution in [0.4, 0.5) is 0 Å². The number of amides is 2. The fraction of sp³-hybridized carbons (Fsp3) is 0.316. The number of nitrogens with zero attached hydrogens (tertiary/aromatic N) is 2. The Hall–Kier alpha value is -3.49. The Balaban J connectivity index is 1.56. The van der Waals surface area contributed by atoms with Crippen molar-refractivity contribution in [3.63, 3.8) is 0 Å². The molecule has 0 atom stereocenters. The topological polar surface area (TPSA) is 111 Å². The first-order valence-electron chi connectivity index (χ1n) is 8.78. The Kier molecular flexibility index (Phi) is 5.83. The van der Waals surface area contributed by atoms with Gasteiger partial charge in [0.15, 0.2) is 6.73 Å². The Morgan fingerprint density at radius 2 is 2.32 bits per heavy atom. The van der Waals surface area contributed by atoms with E-state index in [4.69, 9.17) is 14.9 Å². The van der Waals surface area contributed by atoms with E-state index in [2.05, 4.69) is 10.3 Å². The van der Waals surface area contributed by atoms with Crippen LogP contribution in [0.2, 0.25) is 0 Å². The molecule has 1 aliphatic heterocycles. The lowest BCUT2D eigenvalue weighted by Gasteiger charge is -2.28. The number of carbonyl (C=O) groups is 2. The third kappa shape index (κ3) is 4.08. The average Bonchev–Trinajstić information content (AvgIpc) is 3.10. The largest absolute Gasteiger partial charge is 0.497 e. The van der Waals surface area contributed by atoms with E-state index < -0.39 is 0 Å². The molecule has 0 saturated carbocycles. The van der Waals surface area contributed by atoms with E-state index in [0.717, 1.165) is 28.6 Å². The highest BCUT2D eigenvalue weighted by molar-refractivity contribution is 5.96. The first-order valence-corrected chi connectivity index (χ1v) is 8.78. The zero-order valence-corrected chi connectivity index (χ0v) is 15.8. The van der Waals surface area contributed by atoms with Crippen LogP contribution in [0.15, 0.2) is 36.4 Å². The Morgan fingerprint density at radius 3 is 3.07 bits per heavy atom. The lowest BCUT2D eigenvalue weighted by Crippen LogP contribution is -2.43. The normalized spacial score (nSPS) is 13.7. The molecule has 0 spiro atoms. The van der Waals surface area contributed by atoms with E-state index in [1.165, 1.54) is 16.1 Å². The zero-order valence-electron chi connectivity index (χ0n) is 15.8. The van der Waals surface area contributed by atoms with Crippen LogP contribution in [0.3, 0.4) is 0 Å². The standard InChI is InChI=1S/C19H23N5O4/c1-23-12-28-10-17(19(23)26)24(11-20)9-18(25)21-6-5-13-8-22-16-4-3-14(27-2)7-15(13)16/h3-4,7-8,10-11,20,22H,5-6,9,12H2,1-2H3,(H,21,25). The van der Waals surface area contributed by atoms with Gasteiger partial charge in [-0.2, -0.15) is 0 Å². The van der Waals surface area contributed by atoms with Crippen molar-refractivity contribution < 1.29 is 19.1 Å². The Labute approximate surface area is 162 Å². The number of nitrogens with one attached hydrogen (secondary N) is 3. The quantitative estimate of drug-likeness (QED) is 0.464. The van der Waals surface area contributed by atoms with Gasteiger partial charge in [0.25, 0.3) is 5.91 Å². The van der Waals surface area contributed by atoms with Gasteiger partial charge >= 0.3 is 0 Å². The molecule has 2 aromatic rings. The molecule has 0 fully saturated rings. The van der Waals surface area contributed by atoms with E-state index >= 15 is 0 Å². The van der Waals surface area contributed by atoms with E-state index in [0.29, 0.717) is 13.0 Å². The molecular formula is C19H23N5O4. The Bertz CT molecular complexity index is 920. The summed E-state index contributed by atoms with van der Waals surface area (Å²) in [7, 11) is 3.21. The third-order valence-electron chi connectivity index (χ3n) is 4.50. The van der Waals surface area contributed by atoms with Crippen molar-refractivity contribution in [1.29, 1.82) is 5.41 Å². The highest BCUT2D eigenvalue weighted by Gasteiger charge is 2.25. The number of aromatic amines is 1. The van der Waals surface area contributed by atoms with Crippen LogP contribution >= 0.6 is 0 Å². The molecule has 2 heterocycles. The number of aromatic nitrogens is 1. The molecule has 0 radical (unpaired) electrons. The van der Waals surface area contributed by atoms with Gasteiger partial charge in [-0.05, 0) is 30.2 Å². The number of benzene rings is 1. The van der Waals surface area contributed by atoms with Crippen LogP contribution in [-0.2, 0) is 20.7 Å². The number of likely N-dealkylation sites (N-methyl/N-ethyl adjacent to an activating group) is 1. The first-order chi connectivity index (χ1) is 13.5. The molecule has 9 nitrogen and oxygen atoms in total. The Morgan fingerprint density at radius 1 is 1.50 bits per heavy atom. The van der Waals surface area contributed by atoms with E-state index in [9.17, 15) is 9.59 Å². The summed E-state index contributed by atoms with van der Waals surface area (Å²) in [4.78, 5) is 30.2. The predicted octanol–water partition coefficient (Wildman–Crippen LogP) is 1.03. The molecule has 1 aromatic carbocycles. The van der Waals surface area contributed by atoms with Crippen LogP contribution in [0.25, 0.3) is 10.9 Å². The van der Waals surface area contributed by atoms with Gasteiger partial charge in [0.1, 0.15) is 24.3 Å². The van der Waals surface area contributed by atoms with Crippen LogP contribution in [0, 0.1) is 5.41 Å². The van der Waals surface area contributed by atoms with Gasteiger partial charge in [-0.25, -0.2) is 0 Å².